The molecule has 0 aliphatic heterocycles. The fourth-order valence-corrected chi connectivity index (χ4v) is 4.29. The summed E-state index contributed by atoms with van der Waals surface area (Å²) in [5.74, 6) is 3.40. The average Bonchev–Trinajstić information content (AvgIpc) is 1.98. The topological polar surface area (TPSA) is 9.23 Å². The van der Waals surface area contributed by atoms with Crippen molar-refractivity contribution in [2.45, 2.75) is 6.42 Å². The summed E-state index contributed by atoms with van der Waals surface area (Å²) in [4.78, 5) is 0. The lowest BCUT2D eigenvalue weighted by molar-refractivity contribution is 0.257. The molecule has 0 saturated carbocycles. The Labute approximate surface area is 75.1 Å². The first-order valence-electron chi connectivity index (χ1n) is 3.67. The molecule has 64 valence electrons. The first-order valence-corrected chi connectivity index (χ1v) is 7.61. The summed E-state index contributed by atoms with van der Waals surface area (Å²) in [5.41, 5.74) is 0. The number of methoxy groups -OCH3 is 1. The van der Waals surface area contributed by atoms with Crippen LogP contribution in [-0.2, 0) is 4.74 Å². The second-order valence-corrected chi connectivity index (χ2v) is 7.23. The van der Waals surface area contributed by atoms with Crippen molar-refractivity contribution < 1.29 is 4.74 Å². The minimum Gasteiger partial charge on any atom is -0.376 e. The second-order valence-electron chi connectivity index (χ2n) is 2.21. The minimum absolute atomic E-state index is 0.226. The smallest absolute Gasteiger partial charge is 0.0740 e. The summed E-state index contributed by atoms with van der Waals surface area (Å²) < 4.78 is 5.12. The Morgan fingerprint density at radius 3 is 2.70 bits per heavy atom. The third-order valence-electron chi connectivity index (χ3n) is 1.39. The summed E-state index contributed by atoms with van der Waals surface area (Å²) in [6.07, 6.45) is 1.26. The molecule has 0 saturated heterocycles. The monoisotopic (exact) mass is 198 g/mol. The highest BCUT2D eigenvalue weighted by atomic mass is 32.2. The maximum absolute atomic E-state index is 5.12. The van der Waals surface area contributed by atoms with Crippen LogP contribution in [0.3, 0.4) is 0 Å². The molecule has 10 heavy (non-hydrogen) atoms. The van der Waals surface area contributed by atoms with Crippen molar-refractivity contribution in [1.29, 1.82) is 0 Å². The first-order chi connectivity index (χ1) is 4.85. The quantitative estimate of drug-likeness (QED) is 0.459. The predicted molar refractivity (Wildman–Crippen MR) is 59.0 cm³/mol. The number of rotatable bonds is 6. The van der Waals surface area contributed by atoms with Crippen LogP contribution < -0.4 is 0 Å². The van der Waals surface area contributed by atoms with E-state index >= 15 is 0 Å². The van der Waals surface area contributed by atoms with E-state index in [0.717, 1.165) is 11.7 Å². The van der Waals surface area contributed by atoms with Gasteiger partial charge >= 0.3 is 0 Å². The zero-order chi connectivity index (χ0) is 7.82. The Morgan fingerprint density at radius 2 is 2.30 bits per heavy atom. The Hall–Kier alpha value is 0.877. The third kappa shape index (κ3) is 5.65. The van der Waals surface area contributed by atoms with E-state index in [-0.39, 0.29) is 10.9 Å². The van der Waals surface area contributed by atoms with Crippen molar-refractivity contribution >= 4 is 33.8 Å². The van der Waals surface area contributed by atoms with E-state index in [1.165, 1.54) is 27.8 Å². The predicted octanol–water partition coefficient (Wildman–Crippen LogP) is 0.234. The third-order valence-corrected chi connectivity index (χ3v) is 6.86. The van der Waals surface area contributed by atoms with E-state index in [1.54, 1.807) is 7.11 Å². The van der Waals surface area contributed by atoms with Crippen LogP contribution in [0.15, 0.2) is 0 Å². The van der Waals surface area contributed by atoms with Crippen LogP contribution >= 0.6 is 23.5 Å². The Balaban J connectivity index is 3.21. The zero-order valence-corrected chi connectivity index (χ0v) is 10.6. The number of ether oxygens (including phenoxy) is 1. The molecule has 0 aliphatic carbocycles. The Morgan fingerprint density at radius 1 is 1.60 bits per heavy atom. The molecule has 0 bridgehead atoms. The number of thiol groups is 2. The van der Waals surface area contributed by atoms with Gasteiger partial charge in [0.2, 0.25) is 0 Å². The molecule has 1 unspecified atom stereocenters. The van der Waals surface area contributed by atoms with Crippen molar-refractivity contribution in [1.82, 2.24) is 0 Å². The van der Waals surface area contributed by atoms with Crippen LogP contribution in [0, 0.1) is 0 Å². The zero-order valence-electron chi connectivity index (χ0n) is 6.84. The Kier molecular flexibility index (Phi) is 8.68. The molecule has 0 aliphatic rings. The van der Waals surface area contributed by atoms with Gasteiger partial charge in [-0.25, -0.2) is 10.9 Å². The van der Waals surface area contributed by atoms with Crippen molar-refractivity contribution in [3.05, 3.63) is 0 Å². The normalized spacial score (nSPS) is 15.6. The molecule has 0 aromatic rings. The molecular weight excluding hydrogens is 180 g/mol. The van der Waals surface area contributed by atoms with Crippen LogP contribution in [-0.4, -0.2) is 40.2 Å². The Bertz CT molecular complexity index is 72.8. The van der Waals surface area contributed by atoms with E-state index in [1.807, 2.05) is 0 Å². The summed E-state index contributed by atoms with van der Waals surface area (Å²) in [6.45, 7) is 0. The fourth-order valence-electron chi connectivity index (χ4n) is 0.791. The van der Waals surface area contributed by atoms with Crippen LogP contribution in [0.2, 0.25) is 0 Å². The first kappa shape index (κ1) is 10.9. The summed E-state index contributed by atoms with van der Waals surface area (Å²) in [7, 11) is 3.35. The average molecular weight is 198 g/mol. The molecule has 4 heteroatoms. The lowest BCUT2D eigenvalue weighted by Gasteiger charge is -2.17. The molecule has 0 aromatic heterocycles. The second kappa shape index (κ2) is 7.98. The summed E-state index contributed by atoms with van der Waals surface area (Å²) in [6, 6.07) is 0. The van der Waals surface area contributed by atoms with Crippen molar-refractivity contribution in [3.8, 4) is 0 Å². The van der Waals surface area contributed by atoms with Gasteiger partial charge in [0.1, 0.15) is 0 Å². The maximum atomic E-state index is 5.12. The van der Waals surface area contributed by atoms with Crippen molar-refractivity contribution in [2.24, 2.45) is 0 Å². The molecule has 0 spiro atoms. The summed E-state index contributed by atoms with van der Waals surface area (Å²) >= 11 is 4.18. The highest BCUT2D eigenvalue weighted by Gasteiger charge is 1.98. The van der Waals surface area contributed by atoms with Gasteiger partial charge in [0.15, 0.2) is 0 Å². The number of hydrogen-bond donors (Lipinski definition) is 2. The maximum Gasteiger partial charge on any atom is 0.0740 e. The van der Waals surface area contributed by atoms with Gasteiger partial charge in [-0.05, 0) is 23.3 Å². The molecule has 0 heterocycles. The van der Waals surface area contributed by atoms with Crippen LogP contribution in [0.5, 0.6) is 0 Å². The lowest BCUT2D eigenvalue weighted by atomic mass is 10.6. The van der Waals surface area contributed by atoms with Gasteiger partial charge in [-0.3, -0.25) is 0 Å². The van der Waals surface area contributed by atoms with Gasteiger partial charge in [-0.1, -0.05) is 0 Å². The van der Waals surface area contributed by atoms with Gasteiger partial charge in [0.25, 0.3) is 0 Å². The molecule has 0 fully saturated rings. The van der Waals surface area contributed by atoms with E-state index < -0.39 is 0 Å². The SMILES string of the molecule is COC[SH](C[SiH3])CCCS. The molecular formula is C6H18OS2Si. The molecule has 0 radical (unpaired) electrons. The molecule has 0 aromatic carbocycles. The van der Waals surface area contributed by atoms with E-state index in [0.29, 0.717) is 0 Å². The lowest BCUT2D eigenvalue weighted by Crippen LogP contribution is -2.01. The number of hydrogen-bond acceptors (Lipinski definition) is 2. The molecule has 0 rings (SSSR count). The molecule has 1 nitrogen and oxygen atoms in total. The van der Waals surface area contributed by atoms with Crippen molar-refractivity contribution in [3.63, 3.8) is 0 Å². The van der Waals surface area contributed by atoms with Gasteiger partial charge in [-0.15, -0.1) is 0 Å². The van der Waals surface area contributed by atoms with Gasteiger partial charge in [0, 0.05) is 17.4 Å². The van der Waals surface area contributed by atoms with E-state index in [2.05, 4.69) is 12.6 Å². The van der Waals surface area contributed by atoms with Gasteiger partial charge < -0.3 is 4.74 Å². The van der Waals surface area contributed by atoms with Gasteiger partial charge in [0.05, 0.1) is 5.94 Å². The molecule has 0 amide bonds. The van der Waals surface area contributed by atoms with Crippen LogP contribution in [0.1, 0.15) is 6.42 Å². The largest absolute Gasteiger partial charge is 0.376 e. The van der Waals surface area contributed by atoms with E-state index in [9.17, 15) is 0 Å². The van der Waals surface area contributed by atoms with E-state index in [4.69, 9.17) is 4.74 Å². The van der Waals surface area contributed by atoms with Crippen LogP contribution in [0.25, 0.3) is 0 Å². The highest BCUT2D eigenvalue weighted by Crippen LogP contribution is 2.23. The highest BCUT2D eigenvalue weighted by molar-refractivity contribution is 8.17. The molecule has 1 atom stereocenters. The van der Waals surface area contributed by atoms with Crippen LogP contribution in [0.4, 0.5) is 0 Å². The molecule has 0 N–H and O–H groups in total. The minimum atomic E-state index is 0.226. The standard InChI is InChI=1S/C6H18OS2Si/c1-7-5-9(6-10)4-2-3-8/h8-9H,2-6H2,1,10H3. The fraction of sp³-hybridized carbons (Fsp3) is 1.00. The van der Waals surface area contributed by atoms with Crippen molar-refractivity contribution in [2.75, 3.05) is 29.9 Å². The summed E-state index contributed by atoms with van der Waals surface area (Å²) in [5, 5.41) is 1.43. The van der Waals surface area contributed by atoms with Gasteiger partial charge in [-0.2, -0.15) is 12.6 Å².